The van der Waals surface area contributed by atoms with Gasteiger partial charge >= 0.3 is 0 Å². The van der Waals surface area contributed by atoms with Crippen LogP contribution in [0.25, 0.3) is 0 Å². The molecule has 0 aliphatic heterocycles. The van der Waals surface area contributed by atoms with E-state index in [9.17, 15) is 4.79 Å². The van der Waals surface area contributed by atoms with Gasteiger partial charge in [0.05, 0.1) is 24.9 Å². The first-order valence-corrected chi connectivity index (χ1v) is 7.34. The number of imidazole rings is 1. The number of nitrogens with one attached hydrogen (secondary N) is 2. The molecule has 0 aliphatic carbocycles. The molecule has 118 valence electrons. The van der Waals surface area contributed by atoms with Crippen molar-refractivity contribution in [3.63, 3.8) is 0 Å². The number of para-hydroxylation sites is 1. The minimum Gasteiger partial charge on any atom is -0.467 e. The third kappa shape index (κ3) is 3.60. The third-order valence-electron chi connectivity index (χ3n) is 3.53. The predicted molar refractivity (Wildman–Crippen MR) is 86.9 cm³/mol. The average Bonchev–Trinajstić information content (AvgIpc) is 3.22. The number of hydrogen-bond acceptors (Lipinski definition) is 4. The SMILES string of the molecule is Cn1ccnc1CNc1ccccc1C(=O)NCc1ccco1. The van der Waals surface area contributed by atoms with Crippen LogP contribution < -0.4 is 10.6 Å². The number of anilines is 1. The van der Waals surface area contributed by atoms with Crippen LogP contribution in [-0.2, 0) is 20.1 Å². The topological polar surface area (TPSA) is 72.1 Å². The highest BCUT2D eigenvalue weighted by Gasteiger charge is 2.11. The lowest BCUT2D eigenvalue weighted by Crippen LogP contribution is -2.23. The Labute approximate surface area is 134 Å². The standard InChI is InChI=1S/C17H18N4O2/c1-21-9-8-18-16(21)12-19-15-7-3-2-6-14(15)17(22)20-11-13-5-4-10-23-13/h2-10,19H,11-12H2,1H3,(H,20,22). The number of nitrogens with zero attached hydrogens (tertiary/aromatic N) is 2. The summed E-state index contributed by atoms with van der Waals surface area (Å²) in [5.74, 6) is 1.47. The van der Waals surface area contributed by atoms with Crippen molar-refractivity contribution in [1.29, 1.82) is 0 Å². The van der Waals surface area contributed by atoms with E-state index in [2.05, 4.69) is 15.6 Å². The zero-order valence-corrected chi connectivity index (χ0v) is 12.8. The second-order valence-corrected chi connectivity index (χ2v) is 5.12. The van der Waals surface area contributed by atoms with Crippen molar-refractivity contribution in [2.24, 2.45) is 7.05 Å². The molecule has 0 saturated carbocycles. The van der Waals surface area contributed by atoms with Crippen molar-refractivity contribution in [1.82, 2.24) is 14.9 Å². The van der Waals surface area contributed by atoms with Gasteiger partial charge in [0.25, 0.3) is 5.91 Å². The quantitative estimate of drug-likeness (QED) is 0.734. The number of aryl methyl sites for hydroxylation is 1. The first-order valence-electron chi connectivity index (χ1n) is 7.34. The van der Waals surface area contributed by atoms with Crippen LogP contribution in [0.3, 0.4) is 0 Å². The highest BCUT2D eigenvalue weighted by atomic mass is 16.3. The van der Waals surface area contributed by atoms with Gasteiger partial charge in [-0.2, -0.15) is 0 Å². The largest absolute Gasteiger partial charge is 0.467 e. The number of amides is 1. The molecule has 0 aliphatic rings. The molecule has 3 rings (SSSR count). The van der Waals surface area contributed by atoms with Crippen molar-refractivity contribution in [3.8, 4) is 0 Å². The molecule has 23 heavy (non-hydrogen) atoms. The highest BCUT2D eigenvalue weighted by Crippen LogP contribution is 2.16. The Morgan fingerprint density at radius 1 is 1.22 bits per heavy atom. The maximum absolute atomic E-state index is 12.4. The van der Waals surface area contributed by atoms with Crippen LogP contribution in [0.5, 0.6) is 0 Å². The number of benzene rings is 1. The third-order valence-corrected chi connectivity index (χ3v) is 3.53. The van der Waals surface area contributed by atoms with E-state index < -0.39 is 0 Å². The van der Waals surface area contributed by atoms with Crippen LogP contribution >= 0.6 is 0 Å². The molecule has 0 radical (unpaired) electrons. The van der Waals surface area contributed by atoms with Crippen molar-refractivity contribution in [2.75, 3.05) is 5.32 Å². The molecule has 3 aromatic rings. The van der Waals surface area contributed by atoms with Crippen molar-refractivity contribution < 1.29 is 9.21 Å². The molecule has 6 heteroatoms. The minimum atomic E-state index is -0.149. The van der Waals surface area contributed by atoms with Gasteiger partial charge in [-0.3, -0.25) is 4.79 Å². The maximum Gasteiger partial charge on any atom is 0.253 e. The van der Waals surface area contributed by atoms with Gasteiger partial charge in [-0.15, -0.1) is 0 Å². The molecule has 0 atom stereocenters. The van der Waals surface area contributed by atoms with E-state index in [4.69, 9.17) is 4.42 Å². The molecule has 0 saturated heterocycles. The molecule has 0 spiro atoms. The highest BCUT2D eigenvalue weighted by molar-refractivity contribution is 5.99. The zero-order valence-electron chi connectivity index (χ0n) is 12.8. The smallest absolute Gasteiger partial charge is 0.253 e. The lowest BCUT2D eigenvalue weighted by molar-refractivity contribution is 0.0949. The molecule has 0 bridgehead atoms. The summed E-state index contributed by atoms with van der Waals surface area (Å²) < 4.78 is 7.16. The maximum atomic E-state index is 12.4. The summed E-state index contributed by atoms with van der Waals surface area (Å²) in [6, 6.07) is 11.0. The van der Waals surface area contributed by atoms with Crippen LogP contribution in [-0.4, -0.2) is 15.5 Å². The fourth-order valence-corrected chi connectivity index (χ4v) is 2.25. The number of carbonyl (C=O) groups excluding carboxylic acids is 1. The van der Waals surface area contributed by atoms with E-state index in [1.165, 1.54) is 0 Å². The minimum absolute atomic E-state index is 0.149. The summed E-state index contributed by atoms with van der Waals surface area (Å²) >= 11 is 0. The summed E-state index contributed by atoms with van der Waals surface area (Å²) in [7, 11) is 1.94. The average molecular weight is 310 g/mol. The lowest BCUT2D eigenvalue weighted by Gasteiger charge is -2.12. The van der Waals surface area contributed by atoms with E-state index in [0.717, 1.165) is 17.3 Å². The second kappa shape index (κ2) is 6.83. The Kier molecular flexibility index (Phi) is 4.42. The van der Waals surface area contributed by atoms with Crippen LogP contribution in [0.4, 0.5) is 5.69 Å². The fourth-order valence-electron chi connectivity index (χ4n) is 2.25. The lowest BCUT2D eigenvalue weighted by atomic mass is 10.1. The van der Waals surface area contributed by atoms with Crippen molar-refractivity contribution in [3.05, 3.63) is 72.2 Å². The molecule has 2 aromatic heterocycles. The van der Waals surface area contributed by atoms with Gasteiger partial charge in [0.15, 0.2) is 0 Å². The van der Waals surface area contributed by atoms with Crippen LogP contribution in [0, 0.1) is 0 Å². The molecule has 1 amide bonds. The Morgan fingerprint density at radius 2 is 2.09 bits per heavy atom. The Bertz CT molecular complexity index is 778. The van der Waals surface area contributed by atoms with E-state index in [-0.39, 0.29) is 5.91 Å². The molecule has 2 N–H and O–H groups in total. The van der Waals surface area contributed by atoms with Gasteiger partial charge in [0, 0.05) is 25.1 Å². The number of furan rings is 1. The van der Waals surface area contributed by atoms with Gasteiger partial charge in [0.2, 0.25) is 0 Å². The fraction of sp³-hybridized carbons (Fsp3) is 0.176. The number of rotatable bonds is 6. The second-order valence-electron chi connectivity index (χ2n) is 5.12. The molecular weight excluding hydrogens is 292 g/mol. The first kappa shape index (κ1) is 14.9. The zero-order chi connectivity index (χ0) is 16.1. The van der Waals surface area contributed by atoms with Gasteiger partial charge in [0.1, 0.15) is 11.6 Å². The summed E-state index contributed by atoms with van der Waals surface area (Å²) in [5.41, 5.74) is 1.36. The van der Waals surface area contributed by atoms with Crippen molar-refractivity contribution >= 4 is 11.6 Å². The van der Waals surface area contributed by atoms with E-state index >= 15 is 0 Å². The van der Waals surface area contributed by atoms with Crippen LogP contribution in [0.1, 0.15) is 21.9 Å². The van der Waals surface area contributed by atoms with Crippen molar-refractivity contribution in [2.45, 2.75) is 13.1 Å². The normalized spacial score (nSPS) is 10.5. The van der Waals surface area contributed by atoms with Gasteiger partial charge in [-0.05, 0) is 24.3 Å². The van der Waals surface area contributed by atoms with Crippen LogP contribution in [0.15, 0.2) is 59.5 Å². The predicted octanol–water partition coefficient (Wildman–Crippen LogP) is 2.56. The molecule has 6 nitrogen and oxygen atoms in total. The van der Waals surface area contributed by atoms with Gasteiger partial charge in [-0.1, -0.05) is 12.1 Å². The van der Waals surface area contributed by atoms with E-state index in [0.29, 0.717) is 18.7 Å². The van der Waals surface area contributed by atoms with Gasteiger partial charge < -0.3 is 19.6 Å². The summed E-state index contributed by atoms with van der Waals surface area (Å²) in [5, 5.41) is 6.12. The number of carbonyl (C=O) groups is 1. The molecule has 2 heterocycles. The first-order chi connectivity index (χ1) is 11.2. The molecule has 1 aromatic carbocycles. The number of hydrogen-bond donors (Lipinski definition) is 2. The molecule has 0 unspecified atom stereocenters. The molecular formula is C17H18N4O2. The van der Waals surface area contributed by atoms with E-state index in [1.54, 1.807) is 24.6 Å². The summed E-state index contributed by atoms with van der Waals surface area (Å²) in [6.07, 6.45) is 5.22. The van der Waals surface area contributed by atoms with Gasteiger partial charge in [-0.25, -0.2) is 4.98 Å². The Morgan fingerprint density at radius 3 is 2.83 bits per heavy atom. The Balaban J connectivity index is 1.67. The number of aromatic nitrogens is 2. The van der Waals surface area contributed by atoms with E-state index in [1.807, 2.05) is 42.1 Å². The monoisotopic (exact) mass is 310 g/mol. The summed E-state index contributed by atoms with van der Waals surface area (Å²) in [4.78, 5) is 16.6. The summed E-state index contributed by atoms with van der Waals surface area (Å²) in [6.45, 7) is 0.908. The Hall–Kier alpha value is -3.02. The van der Waals surface area contributed by atoms with Crippen LogP contribution in [0.2, 0.25) is 0 Å². The molecule has 0 fully saturated rings.